The molecule has 30 nitrogen and oxygen atoms in total. The first-order valence-corrected chi connectivity index (χ1v) is 27.2. The molecule has 0 aliphatic carbocycles. The van der Waals surface area contributed by atoms with Crippen LogP contribution < -0.4 is 75.7 Å². The highest BCUT2D eigenvalue weighted by molar-refractivity contribution is 5.99. The number of carbonyl (C=O) groups is 11. The van der Waals surface area contributed by atoms with E-state index in [9.17, 15) is 78.3 Å². The SMILES string of the molecule is CCCCCCCC(=O)N[C@@H](CCN)C(=O)N[C@H](C(=O)NC(CO)C(=O)N[C@H]1CCNC(=O)[C@H]([C@@H](C)O)NC(=O)[C@H](CCN)NC(=O)[C@H](CCN)NC(=O)[C@H]([C@@H](C)O)NC(=O)[C@@H](Cc2ccccc2)NC(=O)[C@H](CO)NC1=O)[C@@H](C)O. The molecular formula is C51H86N14O16. The highest BCUT2D eigenvalue weighted by Gasteiger charge is 2.38. The average Bonchev–Trinajstić information content (AvgIpc) is 3.42. The van der Waals surface area contributed by atoms with Gasteiger partial charge in [-0.05, 0) is 78.1 Å². The first kappa shape index (κ1) is 70.2. The molecule has 81 heavy (non-hydrogen) atoms. The maximum Gasteiger partial charge on any atom is 0.245 e. The van der Waals surface area contributed by atoms with E-state index < -0.39 is 170 Å². The van der Waals surface area contributed by atoms with Crippen LogP contribution in [0.4, 0.5) is 0 Å². The van der Waals surface area contributed by atoms with Crippen molar-refractivity contribution in [2.45, 2.75) is 177 Å². The van der Waals surface area contributed by atoms with E-state index in [1.807, 2.05) is 6.92 Å². The number of amides is 11. The van der Waals surface area contributed by atoms with Crippen LogP contribution in [0.1, 0.15) is 97.5 Å². The fraction of sp³-hybridized carbons (Fsp3) is 0.667. The highest BCUT2D eigenvalue weighted by atomic mass is 16.3. The predicted molar refractivity (Wildman–Crippen MR) is 291 cm³/mol. The second-order valence-corrected chi connectivity index (χ2v) is 19.7. The molecule has 1 aromatic rings. The standard InChI is InChI=1S/C51H86N14O16/c1-5-6-7-8-12-15-38(71)56-31(16-20-52)44(74)64-41(29(4)70)51(81)62-37(26-67)47(77)58-34-19-23-55-49(79)39(27(2)68)63-45(75)33(18-22-54)57-42(72)32(17-21-53)59-50(80)40(28(3)69)65-46(76)35(24-30-13-10-9-11-14-30)60-48(78)36(25-66)61-43(34)73/h9-11,13-14,27-29,31-37,39-41,66-70H,5-8,12,15-26,52-54H2,1-4H3,(H,55,79)(H,56,71)(H,57,72)(H,58,77)(H,59,80)(H,60,78)(H,61,73)(H,62,81)(H,63,75)(H,64,74)(H,65,76)/t27-,28-,29-,31+,32+,33+,34+,35-,36+,37?,39+,40+,41+/m1/s1. The number of benzene rings is 1. The Hall–Kier alpha value is -6.93. The lowest BCUT2D eigenvalue weighted by Crippen LogP contribution is -2.63. The summed E-state index contributed by atoms with van der Waals surface area (Å²) >= 11 is 0. The lowest BCUT2D eigenvalue weighted by molar-refractivity contribution is -0.138. The number of aliphatic hydroxyl groups excluding tert-OH is 5. The Morgan fingerprint density at radius 1 is 0.593 bits per heavy atom. The monoisotopic (exact) mass is 1150 g/mol. The average molecular weight is 1150 g/mol. The Morgan fingerprint density at radius 3 is 1.67 bits per heavy atom. The Morgan fingerprint density at radius 2 is 1.12 bits per heavy atom. The van der Waals surface area contributed by atoms with Gasteiger partial charge in [0.15, 0.2) is 0 Å². The minimum Gasteiger partial charge on any atom is -0.394 e. The van der Waals surface area contributed by atoms with Crippen molar-refractivity contribution in [2.24, 2.45) is 17.2 Å². The largest absolute Gasteiger partial charge is 0.394 e. The molecule has 11 amide bonds. The zero-order valence-corrected chi connectivity index (χ0v) is 46.4. The lowest BCUT2D eigenvalue weighted by Gasteiger charge is -2.28. The molecule has 30 heteroatoms. The number of nitrogens with two attached hydrogens (primary N) is 3. The lowest BCUT2D eigenvalue weighted by atomic mass is 10.0. The molecule has 456 valence electrons. The second-order valence-electron chi connectivity index (χ2n) is 19.7. The molecule has 13 atom stereocenters. The Labute approximate surface area is 470 Å². The maximum atomic E-state index is 14.2. The molecular weight excluding hydrogens is 1060 g/mol. The fourth-order valence-electron chi connectivity index (χ4n) is 8.22. The normalized spacial score (nSPS) is 23.4. The third-order valence-electron chi connectivity index (χ3n) is 12.9. The van der Waals surface area contributed by atoms with Crippen molar-refractivity contribution < 1.29 is 78.3 Å². The van der Waals surface area contributed by atoms with E-state index in [1.165, 1.54) is 0 Å². The molecule has 0 bridgehead atoms. The van der Waals surface area contributed by atoms with Gasteiger partial charge in [-0.3, -0.25) is 52.7 Å². The molecule has 1 unspecified atom stereocenters. The highest BCUT2D eigenvalue weighted by Crippen LogP contribution is 2.10. The van der Waals surface area contributed by atoms with Gasteiger partial charge in [0.2, 0.25) is 65.0 Å². The van der Waals surface area contributed by atoms with E-state index in [0.29, 0.717) is 12.0 Å². The smallest absolute Gasteiger partial charge is 0.245 e. The topological polar surface area (TPSA) is 499 Å². The minimum absolute atomic E-state index is 0.0560. The number of carbonyl (C=O) groups excluding carboxylic acids is 11. The van der Waals surface area contributed by atoms with Crippen molar-refractivity contribution >= 4 is 65.0 Å². The maximum absolute atomic E-state index is 14.2. The molecule has 0 radical (unpaired) electrons. The van der Waals surface area contributed by atoms with Crippen LogP contribution in [0.25, 0.3) is 0 Å². The van der Waals surface area contributed by atoms with E-state index in [-0.39, 0.29) is 51.7 Å². The molecule has 1 aliphatic rings. The van der Waals surface area contributed by atoms with Crippen molar-refractivity contribution in [3.05, 3.63) is 35.9 Å². The summed E-state index contributed by atoms with van der Waals surface area (Å²) in [6.45, 7) is 2.15. The van der Waals surface area contributed by atoms with Crippen molar-refractivity contribution in [1.82, 2.24) is 58.5 Å². The van der Waals surface area contributed by atoms with Crippen LogP contribution in [0, 0.1) is 0 Å². The van der Waals surface area contributed by atoms with E-state index in [4.69, 9.17) is 17.2 Å². The van der Waals surface area contributed by atoms with Gasteiger partial charge in [-0.15, -0.1) is 0 Å². The van der Waals surface area contributed by atoms with Gasteiger partial charge in [0.25, 0.3) is 0 Å². The molecule has 1 fully saturated rings. The zero-order valence-electron chi connectivity index (χ0n) is 46.4. The number of aliphatic hydroxyl groups is 5. The molecule has 0 aromatic heterocycles. The van der Waals surface area contributed by atoms with Gasteiger partial charge >= 0.3 is 0 Å². The van der Waals surface area contributed by atoms with Crippen LogP contribution in [0.3, 0.4) is 0 Å². The van der Waals surface area contributed by atoms with Gasteiger partial charge < -0.3 is 101 Å². The Kier molecular flexibility index (Phi) is 32.2. The zero-order chi connectivity index (χ0) is 60.8. The van der Waals surface area contributed by atoms with Gasteiger partial charge in [0.1, 0.15) is 60.4 Å². The molecule has 1 aliphatic heterocycles. The summed E-state index contributed by atoms with van der Waals surface area (Å²) in [6.07, 6.45) is -1.92. The molecule has 0 saturated carbocycles. The first-order valence-electron chi connectivity index (χ1n) is 27.2. The second kappa shape index (κ2) is 37.2. The minimum atomic E-state index is -1.94. The molecule has 2 rings (SSSR count). The third-order valence-corrected chi connectivity index (χ3v) is 12.9. The number of nitrogens with one attached hydrogen (secondary N) is 11. The van der Waals surface area contributed by atoms with Gasteiger partial charge in [-0.1, -0.05) is 62.9 Å². The van der Waals surface area contributed by atoms with Crippen LogP contribution in [0.2, 0.25) is 0 Å². The van der Waals surface area contributed by atoms with Crippen molar-refractivity contribution in [3.8, 4) is 0 Å². The third kappa shape index (κ3) is 24.4. The quantitative estimate of drug-likeness (QED) is 0.0383. The Bertz CT molecular complexity index is 2230. The van der Waals surface area contributed by atoms with Crippen LogP contribution in [0.15, 0.2) is 30.3 Å². The molecule has 0 spiro atoms. The van der Waals surface area contributed by atoms with E-state index in [0.717, 1.165) is 46.5 Å². The van der Waals surface area contributed by atoms with Gasteiger partial charge in [-0.2, -0.15) is 0 Å². The molecule has 22 N–H and O–H groups in total. The van der Waals surface area contributed by atoms with Gasteiger partial charge in [0.05, 0.1) is 31.5 Å². The number of hydrogen-bond donors (Lipinski definition) is 19. The van der Waals surface area contributed by atoms with Crippen LogP contribution >= 0.6 is 0 Å². The van der Waals surface area contributed by atoms with Crippen molar-refractivity contribution in [2.75, 3.05) is 39.4 Å². The summed E-state index contributed by atoms with van der Waals surface area (Å²) in [7, 11) is 0. The molecule has 1 saturated heterocycles. The summed E-state index contributed by atoms with van der Waals surface area (Å²) < 4.78 is 0. The predicted octanol–water partition coefficient (Wildman–Crippen LogP) is -7.87. The van der Waals surface area contributed by atoms with Crippen LogP contribution in [0.5, 0.6) is 0 Å². The number of unbranched alkanes of at least 4 members (excludes halogenated alkanes) is 4. The summed E-state index contributed by atoms with van der Waals surface area (Å²) in [5.41, 5.74) is 17.7. The van der Waals surface area contributed by atoms with E-state index in [2.05, 4.69) is 58.5 Å². The molecule has 1 aromatic carbocycles. The van der Waals surface area contributed by atoms with Crippen LogP contribution in [-0.4, -0.2) is 209 Å². The first-order chi connectivity index (χ1) is 38.5. The Balaban J connectivity index is 2.61. The summed E-state index contributed by atoms with van der Waals surface area (Å²) in [4.78, 5) is 151. The number of hydrogen-bond acceptors (Lipinski definition) is 19. The summed E-state index contributed by atoms with van der Waals surface area (Å²) in [6, 6.07) is -8.75. The van der Waals surface area contributed by atoms with E-state index in [1.54, 1.807) is 30.3 Å². The molecule has 1 heterocycles. The van der Waals surface area contributed by atoms with E-state index >= 15 is 0 Å². The summed E-state index contributed by atoms with van der Waals surface area (Å²) in [5, 5.41) is 78.9. The van der Waals surface area contributed by atoms with Crippen LogP contribution in [-0.2, 0) is 59.2 Å². The fourth-order valence-corrected chi connectivity index (χ4v) is 8.22. The van der Waals surface area contributed by atoms with Gasteiger partial charge in [-0.25, -0.2) is 0 Å². The van der Waals surface area contributed by atoms with Crippen molar-refractivity contribution in [1.29, 1.82) is 0 Å². The van der Waals surface area contributed by atoms with Gasteiger partial charge in [0, 0.05) is 19.4 Å². The number of rotatable bonds is 26. The van der Waals surface area contributed by atoms with Crippen molar-refractivity contribution in [3.63, 3.8) is 0 Å². The summed E-state index contributed by atoms with van der Waals surface area (Å²) in [5.74, 6) is -11.5.